The Labute approximate surface area is 161 Å². The van der Waals surface area contributed by atoms with Crippen molar-refractivity contribution in [1.82, 2.24) is 24.1 Å². The van der Waals surface area contributed by atoms with Crippen molar-refractivity contribution in [3.05, 3.63) is 68.1 Å². The second kappa shape index (κ2) is 7.10. The second-order valence-corrected chi connectivity index (χ2v) is 7.22. The van der Waals surface area contributed by atoms with E-state index < -0.39 is 0 Å². The number of hydrogen-bond donors (Lipinski definition) is 1. The first-order valence-corrected chi connectivity index (χ1v) is 9.57. The van der Waals surface area contributed by atoms with Crippen LogP contribution in [0.2, 0.25) is 0 Å². The summed E-state index contributed by atoms with van der Waals surface area (Å²) in [5.41, 5.74) is 2.29. The lowest BCUT2D eigenvalue weighted by Crippen LogP contribution is -2.39. The quantitative estimate of drug-likeness (QED) is 0.747. The molecule has 1 fully saturated rings. The predicted molar refractivity (Wildman–Crippen MR) is 105 cm³/mol. The normalized spacial score (nSPS) is 17.2. The largest absolute Gasteiger partial charge is 0.330 e. The molecule has 8 heteroatoms. The third-order valence-electron chi connectivity index (χ3n) is 5.34. The molecule has 4 heterocycles. The number of rotatable bonds is 3. The van der Waals surface area contributed by atoms with Crippen LogP contribution in [0, 0.1) is 0 Å². The monoisotopic (exact) mass is 381 g/mol. The average Bonchev–Trinajstić information content (AvgIpc) is 3.14. The first-order valence-electron chi connectivity index (χ1n) is 9.57. The minimum atomic E-state index is -0.162. The van der Waals surface area contributed by atoms with Gasteiger partial charge in [-0.15, -0.1) is 0 Å². The van der Waals surface area contributed by atoms with Crippen LogP contribution < -0.4 is 11.1 Å². The van der Waals surface area contributed by atoms with E-state index in [9.17, 15) is 14.4 Å². The number of amides is 1. The maximum atomic E-state index is 13.1. The van der Waals surface area contributed by atoms with Gasteiger partial charge in [0.05, 0.1) is 17.3 Å². The minimum Gasteiger partial charge on any atom is -0.330 e. The van der Waals surface area contributed by atoms with Crippen molar-refractivity contribution in [2.45, 2.75) is 38.6 Å². The van der Waals surface area contributed by atoms with Crippen molar-refractivity contribution in [2.24, 2.45) is 7.05 Å². The van der Waals surface area contributed by atoms with E-state index in [0.29, 0.717) is 24.2 Å². The Morgan fingerprint density at radius 1 is 1.21 bits per heavy atom. The highest BCUT2D eigenvalue weighted by Crippen LogP contribution is 2.31. The smallest absolute Gasteiger partial charge is 0.272 e. The van der Waals surface area contributed by atoms with Crippen molar-refractivity contribution in [1.29, 1.82) is 0 Å². The van der Waals surface area contributed by atoms with Crippen LogP contribution in [0.3, 0.4) is 0 Å². The van der Waals surface area contributed by atoms with Crippen LogP contribution in [0.5, 0.6) is 0 Å². The molecule has 28 heavy (non-hydrogen) atoms. The molecule has 3 aromatic rings. The van der Waals surface area contributed by atoms with Crippen LogP contribution in [0.1, 0.15) is 54.0 Å². The summed E-state index contributed by atoms with van der Waals surface area (Å²) >= 11 is 0. The topological polar surface area (TPSA) is 92.5 Å². The lowest BCUT2D eigenvalue weighted by Gasteiger charge is -2.35. The zero-order valence-corrected chi connectivity index (χ0v) is 16.0. The fraction of sp³-hybridized carbons (Fsp3) is 0.400. The van der Waals surface area contributed by atoms with Crippen LogP contribution in [-0.4, -0.2) is 36.5 Å². The fourth-order valence-electron chi connectivity index (χ4n) is 3.80. The van der Waals surface area contributed by atoms with Gasteiger partial charge in [0.1, 0.15) is 0 Å². The van der Waals surface area contributed by atoms with E-state index in [1.54, 1.807) is 19.3 Å². The van der Waals surface area contributed by atoms with Crippen LogP contribution in [0.15, 0.2) is 40.1 Å². The van der Waals surface area contributed by atoms with E-state index in [-0.39, 0.29) is 23.1 Å². The standard InChI is InChI=1S/C20H23N5O3/c1-3-14-10-19(27)25-17(21-14)11-15(22-25)16-6-4-5-9-24(16)20(28)13-7-8-18(26)23(2)12-13/h7-8,10-12,16,22H,3-6,9H2,1-2H3/t16-/m0/s1. The Morgan fingerprint density at radius 2 is 2.04 bits per heavy atom. The maximum absolute atomic E-state index is 13.1. The van der Waals surface area contributed by atoms with Gasteiger partial charge in [-0.2, -0.15) is 0 Å². The molecule has 0 aliphatic carbocycles. The molecule has 0 aromatic carbocycles. The Bertz CT molecular complexity index is 1160. The number of hydrogen-bond acceptors (Lipinski definition) is 4. The number of carbonyl (C=O) groups is 1. The second-order valence-electron chi connectivity index (χ2n) is 7.22. The number of nitrogens with zero attached hydrogens (tertiary/aromatic N) is 4. The lowest BCUT2D eigenvalue weighted by atomic mass is 9.98. The molecule has 3 aromatic heterocycles. The number of aryl methyl sites for hydroxylation is 2. The highest BCUT2D eigenvalue weighted by Gasteiger charge is 2.30. The van der Waals surface area contributed by atoms with Crippen molar-refractivity contribution in [3.63, 3.8) is 0 Å². The SMILES string of the molecule is CCc1cc(=O)n2[nH]c([C@@H]3CCCCN3C(=O)c3ccc(=O)n(C)c3)cc2n1. The van der Waals surface area contributed by atoms with Crippen molar-refractivity contribution in [3.8, 4) is 0 Å². The molecule has 0 spiro atoms. The summed E-state index contributed by atoms with van der Waals surface area (Å²) in [6.45, 7) is 2.59. The van der Waals surface area contributed by atoms with E-state index in [1.165, 1.54) is 21.2 Å². The molecule has 1 aliphatic heterocycles. The molecule has 4 rings (SSSR count). The fourth-order valence-corrected chi connectivity index (χ4v) is 3.80. The summed E-state index contributed by atoms with van der Waals surface area (Å²) in [7, 11) is 1.63. The number of fused-ring (bicyclic) bond motifs is 1. The number of aromatic nitrogens is 4. The summed E-state index contributed by atoms with van der Waals surface area (Å²) < 4.78 is 2.84. The van der Waals surface area contributed by atoms with Crippen LogP contribution in [0.25, 0.3) is 5.65 Å². The van der Waals surface area contributed by atoms with Crippen molar-refractivity contribution < 1.29 is 4.79 Å². The number of pyridine rings is 1. The number of likely N-dealkylation sites (tertiary alicyclic amines) is 1. The van der Waals surface area contributed by atoms with Gasteiger partial charge in [0.2, 0.25) is 5.56 Å². The molecule has 0 bridgehead atoms. The number of nitrogens with one attached hydrogen (secondary N) is 1. The molecule has 1 atom stereocenters. The van der Waals surface area contributed by atoms with E-state index >= 15 is 0 Å². The molecular weight excluding hydrogens is 358 g/mol. The number of aromatic amines is 1. The molecule has 0 unspecified atom stereocenters. The first kappa shape index (κ1) is 18.2. The van der Waals surface area contributed by atoms with Gasteiger partial charge in [-0.25, -0.2) is 9.50 Å². The van der Waals surface area contributed by atoms with Crippen molar-refractivity contribution >= 4 is 11.6 Å². The van der Waals surface area contributed by atoms with E-state index in [2.05, 4.69) is 10.1 Å². The average molecular weight is 381 g/mol. The molecule has 1 amide bonds. The van der Waals surface area contributed by atoms with Gasteiger partial charge in [0.15, 0.2) is 5.65 Å². The Hall–Kier alpha value is -3.16. The van der Waals surface area contributed by atoms with Gasteiger partial charge in [0.25, 0.3) is 11.5 Å². The molecule has 1 saturated heterocycles. The molecule has 8 nitrogen and oxygen atoms in total. The minimum absolute atomic E-state index is 0.117. The summed E-state index contributed by atoms with van der Waals surface area (Å²) in [6, 6.07) is 6.20. The zero-order chi connectivity index (χ0) is 19.8. The van der Waals surface area contributed by atoms with E-state index in [0.717, 1.165) is 30.7 Å². The first-order chi connectivity index (χ1) is 13.5. The van der Waals surface area contributed by atoms with Gasteiger partial charge < -0.3 is 9.47 Å². The molecule has 0 saturated carbocycles. The van der Waals surface area contributed by atoms with E-state index in [4.69, 9.17) is 0 Å². The Morgan fingerprint density at radius 3 is 2.79 bits per heavy atom. The molecular formula is C20H23N5O3. The highest BCUT2D eigenvalue weighted by molar-refractivity contribution is 5.94. The Balaban J connectivity index is 1.72. The van der Waals surface area contributed by atoms with E-state index in [1.807, 2.05) is 17.9 Å². The van der Waals surface area contributed by atoms with Gasteiger partial charge in [0, 0.05) is 43.7 Å². The molecule has 0 radical (unpaired) electrons. The Kier molecular flexibility index (Phi) is 4.62. The number of piperidine rings is 1. The molecule has 146 valence electrons. The summed E-state index contributed by atoms with van der Waals surface area (Å²) in [5.74, 6) is -0.117. The molecule has 1 aliphatic rings. The lowest BCUT2D eigenvalue weighted by molar-refractivity contribution is 0.0604. The van der Waals surface area contributed by atoms with Crippen LogP contribution in [-0.2, 0) is 13.5 Å². The van der Waals surface area contributed by atoms with Crippen LogP contribution in [0.4, 0.5) is 0 Å². The molecule has 1 N–H and O–H groups in total. The number of H-pyrrole nitrogens is 1. The van der Waals surface area contributed by atoms with Gasteiger partial charge in [-0.3, -0.25) is 19.5 Å². The van der Waals surface area contributed by atoms with Gasteiger partial charge >= 0.3 is 0 Å². The summed E-state index contributed by atoms with van der Waals surface area (Å²) in [4.78, 5) is 43.4. The third-order valence-corrected chi connectivity index (χ3v) is 5.34. The maximum Gasteiger partial charge on any atom is 0.272 e. The third kappa shape index (κ3) is 3.15. The highest BCUT2D eigenvalue weighted by atomic mass is 16.2. The van der Waals surface area contributed by atoms with Crippen molar-refractivity contribution in [2.75, 3.05) is 6.54 Å². The number of carbonyl (C=O) groups excluding carboxylic acids is 1. The summed E-state index contributed by atoms with van der Waals surface area (Å²) in [5, 5.41) is 3.13. The zero-order valence-electron chi connectivity index (χ0n) is 16.0. The summed E-state index contributed by atoms with van der Waals surface area (Å²) in [6.07, 6.45) is 4.99. The predicted octanol–water partition coefficient (Wildman–Crippen LogP) is 1.65. The van der Waals surface area contributed by atoms with Crippen LogP contribution >= 0.6 is 0 Å². The van der Waals surface area contributed by atoms with Gasteiger partial charge in [-0.1, -0.05) is 6.92 Å². The van der Waals surface area contributed by atoms with Gasteiger partial charge in [-0.05, 0) is 31.7 Å².